The molecule has 184 valence electrons. The predicted molar refractivity (Wildman–Crippen MR) is 134 cm³/mol. The van der Waals surface area contributed by atoms with Crippen molar-refractivity contribution in [2.45, 2.75) is 43.2 Å². The lowest BCUT2D eigenvalue weighted by molar-refractivity contribution is -0.136. The lowest BCUT2D eigenvalue weighted by Gasteiger charge is -2.44. The molecule has 2 aromatic rings. The van der Waals surface area contributed by atoms with Crippen molar-refractivity contribution >= 4 is 23.4 Å². The maximum absolute atomic E-state index is 12.9. The molecule has 2 fully saturated rings. The third kappa shape index (κ3) is 4.69. The molecule has 0 aromatic heterocycles. The molecule has 7 heteroatoms. The lowest BCUT2D eigenvalue weighted by Crippen LogP contribution is -2.52. The predicted octanol–water partition coefficient (Wildman–Crippen LogP) is 4.43. The zero-order chi connectivity index (χ0) is 24.4. The fraction of sp³-hybridized carbons (Fsp3) is 0.429. The summed E-state index contributed by atoms with van der Waals surface area (Å²) < 4.78 is 12.1. The number of likely N-dealkylation sites (tertiary alicyclic amines) is 1. The van der Waals surface area contributed by atoms with Crippen LogP contribution >= 0.6 is 11.6 Å². The molecule has 35 heavy (non-hydrogen) atoms. The molecule has 1 saturated carbocycles. The first-order valence-corrected chi connectivity index (χ1v) is 12.7. The second-order valence-corrected chi connectivity index (χ2v) is 10.1. The van der Waals surface area contributed by atoms with Crippen molar-refractivity contribution in [3.05, 3.63) is 77.3 Å². The van der Waals surface area contributed by atoms with Crippen LogP contribution in [-0.2, 0) is 19.7 Å². The Morgan fingerprint density at radius 3 is 2.54 bits per heavy atom. The van der Waals surface area contributed by atoms with Gasteiger partial charge in [-0.25, -0.2) is 0 Å². The molecule has 6 nitrogen and oxygen atoms in total. The van der Waals surface area contributed by atoms with E-state index < -0.39 is 0 Å². The highest BCUT2D eigenvalue weighted by atomic mass is 35.5. The SMILES string of the molecule is C=CCO[C@@H]1[C@@H](NC(=O)C2CC2)c2ccccc2C12CCN(C(=O)COc1ccccc1Cl)CC2. The molecule has 2 aromatic carbocycles. The number of hydrogen-bond donors (Lipinski definition) is 1. The van der Waals surface area contributed by atoms with Gasteiger partial charge in [0.05, 0.1) is 23.8 Å². The van der Waals surface area contributed by atoms with Gasteiger partial charge < -0.3 is 19.7 Å². The molecule has 1 aliphatic heterocycles. The minimum absolute atomic E-state index is 0.0518. The Hall–Kier alpha value is -2.83. The Morgan fingerprint density at radius 1 is 1.11 bits per heavy atom. The van der Waals surface area contributed by atoms with Gasteiger partial charge in [0.25, 0.3) is 5.91 Å². The van der Waals surface area contributed by atoms with Crippen LogP contribution in [-0.4, -0.2) is 49.1 Å². The maximum atomic E-state index is 12.9. The van der Waals surface area contributed by atoms with Crippen LogP contribution < -0.4 is 10.1 Å². The quantitative estimate of drug-likeness (QED) is 0.551. The van der Waals surface area contributed by atoms with Crippen molar-refractivity contribution in [1.29, 1.82) is 0 Å². The second kappa shape index (κ2) is 10.0. The van der Waals surface area contributed by atoms with Crippen molar-refractivity contribution < 1.29 is 19.1 Å². The number of ether oxygens (including phenoxy) is 2. The van der Waals surface area contributed by atoms with Gasteiger partial charge in [-0.3, -0.25) is 9.59 Å². The van der Waals surface area contributed by atoms with Gasteiger partial charge >= 0.3 is 0 Å². The summed E-state index contributed by atoms with van der Waals surface area (Å²) in [6.45, 7) is 5.37. The van der Waals surface area contributed by atoms with Crippen LogP contribution in [0.25, 0.3) is 0 Å². The molecule has 0 radical (unpaired) electrons. The number of amides is 2. The Morgan fingerprint density at radius 2 is 1.83 bits per heavy atom. The maximum Gasteiger partial charge on any atom is 0.260 e. The monoisotopic (exact) mass is 494 g/mol. The molecule has 1 spiro atoms. The molecule has 5 rings (SSSR count). The first kappa shape index (κ1) is 23.9. The Balaban J connectivity index is 1.32. The van der Waals surface area contributed by atoms with E-state index in [0.717, 1.165) is 31.2 Å². The summed E-state index contributed by atoms with van der Waals surface area (Å²) in [7, 11) is 0. The molecular formula is C28H31ClN2O4. The fourth-order valence-corrected chi connectivity index (χ4v) is 5.75. The minimum Gasteiger partial charge on any atom is -0.482 e. The van der Waals surface area contributed by atoms with Crippen molar-refractivity contribution in [2.75, 3.05) is 26.3 Å². The Bertz CT molecular complexity index is 1110. The van der Waals surface area contributed by atoms with Crippen LogP contribution in [0.2, 0.25) is 5.02 Å². The van der Waals surface area contributed by atoms with Gasteiger partial charge in [-0.05, 0) is 48.9 Å². The van der Waals surface area contributed by atoms with E-state index in [2.05, 4.69) is 24.0 Å². The van der Waals surface area contributed by atoms with Crippen LogP contribution in [0.15, 0.2) is 61.2 Å². The normalized spacial score (nSPS) is 22.5. The number of nitrogens with zero attached hydrogens (tertiary/aromatic N) is 1. The van der Waals surface area contributed by atoms with Gasteiger partial charge in [-0.15, -0.1) is 6.58 Å². The largest absolute Gasteiger partial charge is 0.482 e. The number of carbonyl (C=O) groups excluding carboxylic acids is 2. The van der Waals surface area contributed by atoms with Gasteiger partial charge in [0, 0.05) is 24.4 Å². The zero-order valence-corrected chi connectivity index (χ0v) is 20.5. The van der Waals surface area contributed by atoms with Crippen molar-refractivity contribution in [3.63, 3.8) is 0 Å². The molecule has 1 N–H and O–H groups in total. The molecule has 2 aliphatic carbocycles. The lowest BCUT2D eigenvalue weighted by atomic mass is 9.71. The van der Waals surface area contributed by atoms with Gasteiger partial charge in [0.15, 0.2) is 6.61 Å². The Kier molecular flexibility index (Phi) is 6.85. The number of para-hydroxylation sites is 1. The van der Waals surface area contributed by atoms with E-state index in [1.54, 1.807) is 18.2 Å². The highest BCUT2D eigenvalue weighted by Gasteiger charge is 2.55. The van der Waals surface area contributed by atoms with Crippen LogP contribution in [0.4, 0.5) is 0 Å². The van der Waals surface area contributed by atoms with E-state index >= 15 is 0 Å². The fourth-order valence-electron chi connectivity index (χ4n) is 5.56. The summed E-state index contributed by atoms with van der Waals surface area (Å²) >= 11 is 6.15. The molecule has 2 atom stereocenters. The summed E-state index contributed by atoms with van der Waals surface area (Å²) in [6.07, 6.45) is 4.95. The third-order valence-electron chi connectivity index (χ3n) is 7.52. The highest BCUT2D eigenvalue weighted by molar-refractivity contribution is 6.32. The summed E-state index contributed by atoms with van der Waals surface area (Å²) in [6, 6.07) is 15.3. The molecular weight excluding hydrogens is 464 g/mol. The number of nitrogens with one attached hydrogen (secondary N) is 1. The van der Waals surface area contributed by atoms with Crippen LogP contribution in [0, 0.1) is 5.92 Å². The Labute approximate surface area is 211 Å². The van der Waals surface area contributed by atoms with Crippen molar-refractivity contribution in [1.82, 2.24) is 10.2 Å². The number of piperidine rings is 1. The van der Waals surface area contributed by atoms with E-state index in [1.807, 2.05) is 29.2 Å². The number of carbonyl (C=O) groups is 2. The van der Waals surface area contributed by atoms with E-state index in [1.165, 1.54) is 5.56 Å². The van der Waals surface area contributed by atoms with Crippen molar-refractivity contribution in [3.8, 4) is 5.75 Å². The van der Waals surface area contributed by atoms with Crippen molar-refractivity contribution in [2.24, 2.45) is 5.92 Å². The van der Waals surface area contributed by atoms with Crippen LogP contribution in [0.1, 0.15) is 42.9 Å². The first-order chi connectivity index (χ1) is 17.0. The summed E-state index contributed by atoms with van der Waals surface area (Å²) in [5.74, 6) is 0.677. The number of rotatable bonds is 8. The molecule has 2 amide bonds. The van der Waals surface area contributed by atoms with Gasteiger partial charge in [-0.1, -0.05) is 54.1 Å². The summed E-state index contributed by atoms with van der Waals surface area (Å²) in [5, 5.41) is 3.78. The third-order valence-corrected chi connectivity index (χ3v) is 7.83. The average molecular weight is 495 g/mol. The number of benzene rings is 2. The molecule has 3 aliphatic rings. The van der Waals surface area contributed by atoms with Gasteiger partial charge in [-0.2, -0.15) is 0 Å². The number of fused-ring (bicyclic) bond motifs is 2. The number of halogens is 1. The first-order valence-electron chi connectivity index (χ1n) is 12.3. The van der Waals surface area contributed by atoms with Crippen LogP contribution in [0.5, 0.6) is 5.75 Å². The standard InChI is InChI=1S/C28H31ClN2O4/c1-2-17-34-26-25(30-27(33)19-11-12-19)20-7-3-4-8-21(20)28(26)13-15-31(16-14-28)24(32)18-35-23-10-6-5-9-22(23)29/h2-10,19,25-26H,1,11-18H2,(H,30,33)/t25-,26+/m0/s1. The second-order valence-electron chi connectivity index (χ2n) is 9.65. The summed E-state index contributed by atoms with van der Waals surface area (Å²) in [5.41, 5.74) is 2.06. The van der Waals surface area contributed by atoms with Crippen LogP contribution in [0.3, 0.4) is 0 Å². The van der Waals surface area contributed by atoms with Gasteiger partial charge in [0.2, 0.25) is 5.91 Å². The molecule has 0 unspecified atom stereocenters. The molecule has 1 saturated heterocycles. The van der Waals surface area contributed by atoms with Gasteiger partial charge in [0.1, 0.15) is 5.75 Å². The minimum atomic E-state index is -0.276. The average Bonchev–Trinajstić information content (AvgIpc) is 3.70. The van der Waals surface area contributed by atoms with E-state index in [-0.39, 0.29) is 41.9 Å². The topological polar surface area (TPSA) is 67.9 Å². The summed E-state index contributed by atoms with van der Waals surface area (Å²) in [4.78, 5) is 27.5. The van der Waals surface area contributed by atoms with E-state index in [0.29, 0.717) is 30.5 Å². The molecule has 1 heterocycles. The molecule has 0 bridgehead atoms. The smallest absolute Gasteiger partial charge is 0.260 e. The number of hydrogen-bond acceptors (Lipinski definition) is 4. The highest BCUT2D eigenvalue weighted by Crippen LogP contribution is 2.52. The van der Waals surface area contributed by atoms with E-state index in [9.17, 15) is 9.59 Å². The van der Waals surface area contributed by atoms with E-state index in [4.69, 9.17) is 21.1 Å². The zero-order valence-electron chi connectivity index (χ0n) is 19.8.